The molecule has 12 N–H and O–H groups in total. The number of hydrogen-bond acceptors (Lipinski definition) is 29. The molecule has 0 aliphatic carbocycles. The molecule has 133 heavy (non-hydrogen) atoms. The highest BCUT2D eigenvalue weighted by Gasteiger charge is 2.40. The first-order valence-electron chi connectivity index (χ1n) is 44.0. The summed E-state index contributed by atoms with van der Waals surface area (Å²) < 4.78 is 144. The Kier molecular flexibility index (Phi) is 42.6. The van der Waals surface area contributed by atoms with Gasteiger partial charge in [0.05, 0.1) is 100 Å². The number of aliphatic hydroxyl groups excluding tert-OH is 1. The minimum atomic E-state index is -4.22. The third kappa shape index (κ3) is 33.8. The van der Waals surface area contributed by atoms with E-state index in [1.165, 1.54) is 13.8 Å². The average Bonchev–Trinajstić information content (AvgIpc) is 0.806. The highest BCUT2D eigenvalue weighted by molar-refractivity contribution is 5.90. The fourth-order valence-electron chi connectivity index (χ4n) is 13.6. The lowest BCUT2D eigenvalue weighted by molar-refractivity contribution is -0.172. The number of rotatable bonds is 43. The van der Waals surface area contributed by atoms with Crippen molar-refractivity contribution < 1.29 is 77.8 Å². The predicted octanol–water partition coefficient (Wildman–Crippen LogP) is 21.7. The molecule has 29 nitrogen and oxygen atoms in total. The molecule has 11 aromatic rings. The number of alkyl halides is 9. The molecule has 38 heteroatoms. The van der Waals surface area contributed by atoms with Crippen molar-refractivity contribution in [2.24, 2.45) is 17.6 Å². The summed E-state index contributed by atoms with van der Waals surface area (Å²) in [6.45, 7) is 20.8. The van der Waals surface area contributed by atoms with Crippen molar-refractivity contribution in [2.75, 3.05) is 92.2 Å². The van der Waals surface area contributed by atoms with E-state index in [4.69, 9.17) is 39.1 Å². The third-order valence-electron chi connectivity index (χ3n) is 22.1. The Morgan fingerprint density at radius 1 is 0.398 bits per heavy atom. The number of nitrogen functional groups attached to an aromatic ring is 1. The van der Waals surface area contributed by atoms with Gasteiger partial charge in [-0.3, -0.25) is 19.9 Å². The minimum absolute atomic E-state index is 0. The summed E-state index contributed by atoms with van der Waals surface area (Å²) in [4.78, 5) is 65.6. The Morgan fingerprint density at radius 3 is 0.977 bits per heavy atom. The second-order valence-electron chi connectivity index (χ2n) is 33.3. The maximum absolute atomic E-state index is 13.2. The van der Waals surface area contributed by atoms with Crippen molar-refractivity contribution in [1.82, 2.24) is 59.8 Å². The topological polar surface area (TPSA) is 384 Å². The van der Waals surface area contributed by atoms with Crippen LogP contribution in [0.2, 0.25) is 0 Å². The quantitative estimate of drug-likeness (QED) is 0.0125. The van der Waals surface area contributed by atoms with E-state index in [1.54, 1.807) is 91.7 Å². The molecule has 3 aromatic carbocycles. The van der Waals surface area contributed by atoms with Crippen LogP contribution in [-0.4, -0.2) is 167 Å². The highest BCUT2D eigenvalue weighted by atomic mass is 19.4. The number of carbonyl (C=O) groups is 1. The number of nitrogens with one attached hydrogen (secondary N) is 7. The van der Waals surface area contributed by atoms with Crippen molar-refractivity contribution >= 4 is 97.5 Å². The van der Waals surface area contributed by atoms with Crippen molar-refractivity contribution in [1.29, 1.82) is 0 Å². The van der Waals surface area contributed by atoms with E-state index >= 15 is 0 Å². The number of nitrogens with zero attached hydrogens (tertiary/aromatic N) is 12. The summed E-state index contributed by atoms with van der Waals surface area (Å²) in [6.07, 6.45) is 6.41. The van der Waals surface area contributed by atoms with Crippen molar-refractivity contribution in [2.45, 2.75) is 253 Å². The lowest BCUT2D eigenvalue weighted by Gasteiger charge is -2.33. The van der Waals surface area contributed by atoms with Gasteiger partial charge in [0, 0.05) is 90.4 Å². The van der Waals surface area contributed by atoms with Crippen LogP contribution >= 0.6 is 0 Å². The van der Waals surface area contributed by atoms with Crippen LogP contribution in [0.3, 0.4) is 0 Å². The van der Waals surface area contributed by atoms with Gasteiger partial charge in [0.25, 0.3) is 0 Å². The van der Waals surface area contributed by atoms with Crippen molar-refractivity contribution in [3.63, 3.8) is 0 Å². The summed E-state index contributed by atoms with van der Waals surface area (Å²) in [5, 5.41) is 33.3. The van der Waals surface area contributed by atoms with Gasteiger partial charge in [0.2, 0.25) is 23.8 Å². The lowest BCUT2D eigenvalue weighted by Crippen LogP contribution is -2.39. The lowest BCUT2D eigenvalue weighted by atomic mass is 9.86. The monoisotopic (exact) mass is 1870 g/mol. The minimum Gasteiger partial charge on any atom is -0.497 e. The van der Waals surface area contributed by atoms with Gasteiger partial charge in [-0.15, -0.1) is 0 Å². The van der Waals surface area contributed by atoms with Gasteiger partial charge >= 0.3 is 18.5 Å². The van der Waals surface area contributed by atoms with Gasteiger partial charge in [0.15, 0.2) is 23.3 Å². The normalized spacial score (nSPS) is 13.9. The number of carbonyl (C=O) groups excluding carboxylic acids is 1. The van der Waals surface area contributed by atoms with E-state index in [1.807, 2.05) is 107 Å². The summed E-state index contributed by atoms with van der Waals surface area (Å²) in [5.74, 6) is 4.98. The first-order chi connectivity index (χ1) is 62.7. The number of halogens is 9. The molecule has 0 saturated heterocycles. The van der Waals surface area contributed by atoms with Crippen LogP contribution in [-0.2, 0) is 24.4 Å². The molecule has 0 bridgehead atoms. The fourth-order valence-corrected chi connectivity index (χ4v) is 13.6. The van der Waals surface area contributed by atoms with E-state index in [2.05, 4.69) is 125 Å². The number of methoxy groups -OCH3 is 6. The van der Waals surface area contributed by atoms with Crippen LogP contribution in [0, 0.1) is 11.8 Å². The number of ether oxygens (including phenoxy) is 6. The van der Waals surface area contributed by atoms with E-state index in [-0.39, 0.29) is 32.8 Å². The van der Waals surface area contributed by atoms with Crippen molar-refractivity contribution in [3.05, 3.63) is 145 Å². The fraction of sp³-hybridized carbons (Fsp3) is 0.505. The zero-order chi connectivity index (χ0) is 97.0. The molecule has 0 unspecified atom stereocenters. The first-order valence-corrected chi connectivity index (χ1v) is 44.0. The number of benzene rings is 3. The van der Waals surface area contributed by atoms with Crippen LogP contribution in [0.15, 0.2) is 128 Å². The summed E-state index contributed by atoms with van der Waals surface area (Å²) in [5.41, 5.74) is 15.7. The molecule has 0 fully saturated rings. The second kappa shape index (κ2) is 51.7. The second-order valence-corrected chi connectivity index (χ2v) is 33.3. The maximum Gasteiger partial charge on any atom is 0.403 e. The van der Waals surface area contributed by atoms with Crippen molar-refractivity contribution in [3.8, 4) is 34.5 Å². The molecular formula is C95H132F9N21O8. The molecule has 8 heterocycles. The number of anilines is 8. The van der Waals surface area contributed by atoms with Crippen LogP contribution in [0.1, 0.15) is 203 Å². The molecule has 0 aliphatic rings. The Balaban J connectivity index is 0.000000267. The zero-order valence-electron chi connectivity index (χ0n) is 78.3. The van der Waals surface area contributed by atoms with E-state index in [0.29, 0.717) is 142 Å². The number of aldehydes is 1. The molecule has 0 saturated carbocycles. The van der Waals surface area contributed by atoms with Gasteiger partial charge in [-0.1, -0.05) is 100 Å². The number of fused-ring (bicyclic) bond motifs is 4. The van der Waals surface area contributed by atoms with Crippen LogP contribution in [0.4, 0.5) is 86.6 Å². The van der Waals surface area contributed by atoms with Gasteiger partial charge in [0.1, 0.15) is 62.9 Å². The molecule has 0 amide bonds. The summed E-state index contributed by atoms with van der Waals surface area (Å²) >= 11 is 0. The summed E-state index contributed by atoms with van der Waals surface area (Å²) in [7, 11) is 9.68. The predicted molar refractivity (Wildman–Crippen MR) is 509 cm³/mol. The van der Waals surface area contributed by atoms with Crippen LogP contribution < -0.4 is 77.1 Å². The standard InChI is InChI=1S/C27H36F3N5O2.C23H31N5O3.C23H29N5O3.C18H26F3N5.C3H6F3N.CH4/c1-6-7-13-26(3,14-12-18(2)27(28,29)30)35-24-23-21(9-8-15-31-23)33-25(34-24)32-17-19-10-11-20(36-4)16-22(19)37-5;2*1-5-6-11-23(2,15-29)28-21-20-18(8-7-12-24-20)26-22(27-21)25-14-16-9-10-17(30-3)13-19(16)31-4;1-4-5-9-17(3,10-8-12(2)18(19,20)21)26-15-14-13(7-6-11-23-14)24-16(22)25-15;1-2(7)3(4,5)6;/h8-11,15-16,18H,6-7,12-14,17H2,1-5H3,(H2,32,33,34,35);7-10,12-13,29H,5-6,11,14-15H2,1-4H3,(H2,25,26,27,28);7-10,12-13,15H,5-6,11,14H2,1-4H3,(H2,25,26,27,28);6-7,11-12H,4-5,8-10H2,1-3H3,(H3,22,24,25,26);2H,7H2,1H3;1H4/t18-,26-;2*23-;12-,17-;2-;/m11110./s1. The van der Waals surface area contributed by atoms with Crippen LogP contribution in [0.25, 0.3) is 44.1 Å². The third-order valence-corrected chi connectivity index (χ3v) is 22.1. The number of hydrogen-bond donors (Lipinski definition) is 10. The number of nitrogens with two attached hydrogens (primary N) is 2. The highest BCUT2D eigenvalue weighted by Crippen LogP contribution is 2.39. The molecule has 7 atom stereocenters. The largest absolute Gasteiger partial charge is 0.497 e. The Labute approximate surface area is 773 Å². The van der Waals surface area contributed by atoms with Gasteiger partial charge in [-0.05, 0) is 171 Å². The number of aromatic nitrogens is 12. The molecule has 8 aromatic heterocycles. The average molecular weight is 1870 g/mol. The maximum atomic E-state index is 13.2. The van der Waals surface area contributed by atoms with Gasteiger partial charge in [-0.25, -0.2) is 19.9 Å². The summed E-state index contributed by atoms with van der Waals surface area (Å²) in [6, 6.07) is 29.8. The molecule has 0 aliphatic heterocycles. The van der Waals surface area contributed by atoms with Gasteiger partial charge in [-0.2, -0.15) is 59.4 Å². The zero-order valence-corrected chi connectivity index (χ0v) is 78.3. The Hall–Kier alpha value is -12.2. The smallest absolute Gasteiger partial charge is 0.403 e. The Morgan fingerprint density at radius 2 is 0.692 bits per heavy atom. The molecule has 11 rings (SSSR count). The first kappa shape index (κ1) is 110. The number of pyridine rings is 4. The number of unbranched alkanes of at least 4 members (excludes halogenated alkanes) is 4. The molecular weight excluding hydrogens is 1730 g/mol. The van der Waals surface area contributed by atoms with E-state index in [9.17, 15) is 49.4 Å². The van der Waals surface area contributed by atoms with E-state index in [0.717, 1.165) is 117 Å². The van der Waals surface area contributed by atoms with Crippen LogP contribution in [0.5, 0.6) is 34.5 Å². The van der Waals surface area contributed by atoms with E-state index < -0.39 is 58.6 Å². The molecule has 0 radical (unpaired) electrons. The number of aliphatic hydroxyl groups is 1. The molecule has 728 valence electrons. The molecule has 0 spiro atoms. The Bertz CT molecular complexity index is 5420. The SMILES string of the molecule is C.CCCC[C@](C)(C=O)Nc1nc(NCc2ccc(OC)cc2OC)nc2cccnc12.CCCC[C@](C)(CC[C@@H](C)C(F)(F)F)Nc1nc(N)nc2cccnc12.CCCC[C@](C)(CC[C@@H](C)C(F)(F)F)Nc1nc(NCc2ccc(OC)cc2OC)nc2cccnc12.CCCC[C@](C)(CO)Nc1nc(NCc2ccc(OC)cc2OC)nc2cccnc12.C[C@H](N)C(F)(F)F. The van der Waals surface area contributed by atoms with Gasteiger partial charge < -0.3 is 87.0 Å².